The Bertz CT molecular complexity index is 815. The topological polar surface area (TPSA) is 82.4 Å². The molecule has 0 saturated heterocycles. The lowest BCUT2D eigenvalue weighted by atomic mass is 10.0. The van der Waals surface area contributed by atoms with Gasteiger partial charge in [-0.3, -0.25) is 5.10 Å². The first kappa shape index (κ1) is 16.7. The highest BCUT2D eigenvalue weighted by molar-refractivity contribution is 5.85. The Labute approximate surface area is 146 Å². The number of benzene rings is 2. The number of methoxy groups -OCH3 is 2. The van der Waals surface area contributed by atoms with Crippen molar-refractivity contribution in [3.05, 3.63) is 53.7 Å². The van der Waals surface area contributed by atoms with Gasteiger partial charge in [0.05, 0.1) is 25.3 Å². The van der Waals surface area contributed by atoms with E-state index in [1.807, 2.05) is 49.4 Å². The summed E-state index contributed by atoms with van der Waals surface area (Å²) in [6, 6.07) is 13.6. The van der Waals surface area contributed by atoms with E-state index in [2.05, 4.69) is 10.2 Å². The van der Waals surface area contributed by atoms with Crippen LogP contribution in [0.25, 0.3) is 11.1 Å². The van der Waals surface area contributed by atoms with Crippen LogP contribution in [0.1, 0.15) is 11.3 Å². The summed E-state index contributed by atoms with van der Waals surface area (Å²) in [5.74, 6) is 2.27. The molecule has 3 aromatic rings. The van der Waals surface area contributed by atoms with Crippen LogP contribution >= 0.6 is 0 Å². The van der Waals surface area contributed by atoms with E-state index in [1.165, 1.54) is 0 Å². The molecular formula is C19H21N3O3. The van der Waals surface area contributed by atoms with Gasteiger partial charge in [0.1, 0.15) is 23.9 Å². The Morgan fingerprint density at radius 2 is 1.64 bits per heavy atom. The van der Waals surface area contributed by atoms with Crippen LogP contribution in [0.15, 0.2) is 42.5 Å². The van der Waals surface area contributed by atoms with E-state index in [0.29, 0.717) is 29.7 Å². The van der Waals surface area contributed by atoms with E-state index in [-0.39, 0.29) is 0 Å². The second kappa shape index (κ2) is 7.17. The van der Waals surface area contributed by atoms with Crippen LogP contribution in [-0.2, 0) is 6.61 Å². The van der Waals surface area contributed by atoms with Gasteiger partial charge in [0.2, 0.25) is 0 Å². The SMILES string of the molecule is COc1cc(OCc2ccccc2)cc(OC)c1-c1c(N)n[nH]c1C. The summed E-state index contributed by atoms with van der Waals surface area (Å²) < 4.78 is 17.0. The van der Waals surface area contributed by atoms with Gasteiger partial charge in [-0.05, 0) is 12.5 Å². The normalized spacial score (nSPS) is 10.5. The molecule has 0 unspecified atom stereocenters. The molecule has 0 aliphatic carbocycles. The number of anilines is 1. The highest BCUT2D eigenvalue weighted by atomic mass is 16.5. The van der Waals surface area contributed by atoms with Crippen LogP contribution in [0.3, 0.4) is 0 Å². The van der Waals surface area contributed by atoms with E-state index in [9.17, 15) is 0 Å². The number of ether oxygens (including phenoxy) is 3. The van der Waals surface area contributed by atoms with E-state index in [4.69, 9.17) is 19.9 Å². The van der Waals surface area contributed by atoms with Crippen molar-refractivity contribution in [3.8, 4) is 28.4 Å². The monoisotopic (exact) mass is 339 g/mol. The van der Waals surface area contributed by atoms with Gasteiger partial charge in [0.15, 0.2) is 5.82 Å². The van der Waals surface area contributed by atoms with Crippen molar-refractivity contribution in [1.29, 1.82) is 0 Å². The summed E-state index contributed by atoms with van der Waals surface area (Å²) in [6.07, 6.45) is 0. The van der Waals surface area contributed by atoms with Crippen LogP contribution in [0.5, 0.6) is 17.2 Å². The summed E-state index contributed by atoms with van der Waals surface area (Å²) in [5.41, 5.74) is 9.45. The summed E-state index contributed by atoms with van der Waals surface area (Å²) >= 11 is 0. The molecule has 0 fully saturated rings. The van der Waals surface area contributed by atoms with Crippen molar-refractivity contribution in [3.63, 3.8) is 0 Å². The molecule has 0 atom stereocenters. The third-order valence-corrected chi connectivity index (χ3v) is 3.95. The molecule has 0 saturated carbocycles. The summed E-state index contributed by atoms with van der Waals surface area (Å²) in [4.78, 5) is 0. The molecule has 1 aromatic heterocycles. The second-order valence-electron chi connectivity index (χ2n) is 5.59. The lowest BCUT2D eigenvalue weighted by Crippen LogP contribution is -2.00. The fourth-order valence-corrected chi connectivity index (χ4v) is 2.72. The number of aromatic nitrogens is 2. The van der Waals surface area contributed by atoms with Gasteiger partial charge in [0, 0.05) is 17.8 Å². The lowest BCUT2D eigenvalue weighted by Gasteiger charge is -2.16. The predicted molar refractivity (Wildman–Crippen MR) is 97.1 cm³/mol. The van der Waals surface area contributed by atoms with Gasteiger partial charge in [-0.15, -0.1) is 0 Å². The van der Waals surface area contributed by atoms with Crippen molar-refractivity contribution in [2.75, 3.05) is 20.0 Å². The van der Waals surface area contributed by atoms with Crippen molar-refractivity contribution in [1.82, 2.24) is 10.2 Å². The van der Waals surface area contributed by atoms with Crippen LogP contribution in [0, 0.1) is 6.92 Å². The first-order valence-corrected chi connectivity index (χ1v) is 7.87. The summed E-state index contributed by atoms with van der Waals surface area (Å²) in [5, 5.41) is 6.93. The van der Waals surface area contributed by atoms with Crippen molar-refractivity contribution in [2.45, 2.75) is 13.5 Å². The molecule has 0 amide bonds. The number of aryl methyl sites for hydroxylation is 1. The zero-order valence-electron chi connectivity index (χ0n) is 14.5. The minimum atomic E-state index is 0.395. The van der Waals surface area contributed by atoms with Crippen molar-refractivity contribution < 1.29 is 14.2 Å². The largest absolute Gasteiger partial charge is 0.496 e. The molecule has 130 valence electrons. The first-order valence-electron chi connectivity index (χ1n) is 7.87. The minimum Gasteiger partial charge on any atom is -0.496 e. The maximum absolute atomic E-state index is 6.01. The van der Waals surface area contributed by atoms with Gasteiger partial charge >= 0.3 is 0 Å². The lowest BCUT2D eigenvalue weighted by molar-refractivity contribution is 0.301. The number of H-pyrrole nitrogens is 1. The highest BCUT2D eigenvalue weighted by Crippen LogP contribution is 2.44. The number of aromatic amines is 1. The van der Waals surface area contributed by atoms with Crippen LogP contribution in [0.2, 0.25) is 0 Å². The molecule has 0 bridgehead atoms. The Morgan fingerprint density at radius 1 is 1.00 bits per heavy atom. The van der Waals surface area contributed by atoms with Gasteiger partial charge in [-0.2, -0.15) is 5.10 Å². The van der Waals surface area contributed by atoms with E-state index < -0.39 is 0 Å². The quantitative estimate of drug-likeness (QED) is 0.717. The Kier molecular flexibility index (Phi) is 4.79. The Hall–Kier alpha value is -3.15. The van der Waals surface area contributed by atoms with Crippen molar-refractivity contribution >= 4 is 5.82 Å². The molecule has 3 rings (SSSR count). The maximum atomic E-state index is 6.01. The molecule has 3 N–H and O–H groups in total. The molecular weight excluding hydrogens is 318 g/mol. The highest BCUT2D eigenvalue weighted by Gasteiger charge is 2.21. The standard InChI is InChI=1S/C19H21N3O3/c1-12-17(19(20)22-21-12)18-15(23-2)9-14(10-16(18)24-3)25-11-13-7-5-4-6-8-13/h4-10H,11H2,1-3H3,(H3,20,21,22). The Morgan fingerprint density at radius 3 is 2.16 bits per heavy atom. The van der Waals surface area contributed by atoms with Gasteiger partial charge in [0.25, 0.3) is 0 Å². The molecule has 0 radical (unpaired) electrons. The molecule has 6 heteroatoms. The smallest absolute Gasteiger partial charge is 0.153 e. The van der Waals surface area contributed by atoms with Crippen LogP contribution in [0.4, 0.5) is 5.82 Å². The Balaban J connectivity index is 1.98. The zero-order chi connectivity index (χ0) is 17.8. The average Bonchev–Trinajstić information content (AvgIpc) is 2.98. The van der Waals surface area contributed by atoms with Crippen molar-refractivity contribution in [2.24, 2.45) is 0 Å². The zero-order valence-corrected chi connectivity index (χ0v) is 14.5. The predicted octanol–water partition coefficient (Wildman–Crippen LogP) is 3.56. The molecule has 0 aliphatic rings. The fraction of sp³-hybridized carbons (Fsp3) is 0.211. The molecule has 6 nitrogen and oxygen atoms in total. The van der Waals surface area contributed by atoms with Gasteiger partial charge in [-0.25, -0.2) is 0 Å². The maximum Gasteiger partial charge on any atom is 0.153 e. The molecule has 1 heterocycles. The van der Waals surface area contributed by atoms with E-state index in [1.54, 1.807) is 14.2 Å². The van der Waals surface area contributed by atoms with E-state index in [0.717, 1.165) is 22.4 Å². The molecule has 0 aliphatic heterocycles. The number of nitrogens with two attached hydrogens (primary N) is 1. The number of nitrogens with one attached hydrogen (secondary N) is 1. The minimum absolute atomic E-state index is 0.395. The number of hydrogen-bond donors (Lipinski definition) is 2. The second-order valence-corrected chi connectivity index (χ2v) is 5.59. The number of hydrogen-bond acceptors (Lipinski definition) is 5. The molecule has 25 heavy (non-hydrogen) atoms. The number of nitrogen functional groups attached to an aromatic ring is 1. The van der Waals surface area contributed by atoms with Gasteiger partial charge in [-0.1, -0.05) is 30.3 Å². The number of nitrogens with zero attached hydrogens (tertiary/aromatic N) is 1. The third kappa shape index (κ3) is 3.38. The first-order chi connectivity index (χ1) is 12.1. The van der Waals surface area contributed by atoms with Crippen LogP contribution < -0.4 is 19.9 Å². The summed E-state index contributed by atoms with van der Waals surface area (Å²) in [6.45, 7) is 2.36. The molecule has 2 aromatic carbocycles. The van der Waals surface area contributed by atoms with Gasteiger partial charge < -0.3 is 19.9 Å². The summed E-state index contributed by atoms with van der Waals surface area (Å²) in [7, 11) is 3.20. The number of rotatable bonds is 6. The average molecular weight is 339 g/mol. The van der Waals surface area contributed by atoms with Crippen LogP contribution in [-0.4, -0.2) is 24.4 Å². The molecule has 0 spiro atoms. The fourth-order valence-electron chi connectivity index (χ4n) is 2.72. The van der Waals surface area contributed by atoms with E-state index >= 15 is 0 Å². The third-order valence-electron chi connectivity index (χ3n) is 3.95.